The van der Waals surface area contributed by atoms with Crippen LogP contribution in [0.1, 0.15) is 11.1 Å². The highest BCUT2D eigenvalue weighted by Crippen LogP contribution is 2.16. The highest BCUT2D eigenvalue weighted by atomic mass is 35.5. The molecule has 0 radical (unpaired) electrons. The first-order valence-electron chi connectivity index (χ1n) is 9.01. The van der Waals surface area contributed by atoms with Crippen LogP contribution in [0, 0.1) is 6.92 Å². The Morgan fingerprint density at radius 2 is 1.63 bits per heavy atom. The Hall–Kier alpha value is -2.53. The van der Waals surface area contributed by atoms with Gasteiger partial charge in [0.1, 0.15) is 5.75 Å². The molecule has 3 rings (SSSR count). The van der Waals surface area contributed by atoms with Crippen molar-refractivity contribution >= 4 is 23.4 Å². The Labute approximate surface area is 164 Å². The van der Waals surface area contributed by atoms with Gasteiger partial charge in [0.05, 0.1) is 6.42 Å². The van der Waals surface area contributed by atoms with Gasteiger partial charge in [0.2, 0.25) is 5.91 Å². The predicted octanol–water partition coefficient (Wildman–Crippen LogP) is 2.94. The summed E-state index contributed by atoms with van der Waals surface area (Å²) in [5, 5.41) is 0.629. The van der Waals surface area contributed by atoms with Crippen molar-refractivity contribution in [3.05, 3.63) is 64.7 Å². The molecule has 0 N–H and O–H groups in total. The number of hydrogen-bond acceptors (Lipinski definition) is 3. The van der Waals surface area contributed by atoms with Crippen LogP contribution in [0.15, 0.2) is 48.5 Å². The minimum atomic E-state index is -0.0554. The number of ether oxygens (including phenoxy) is 1. The fourth-order valence-corrected chi connectivity index (χ4v) is 3.30. The number of piperazine rings is 1. The summed E-state index contributed by atoms with van der Waals surface area (Å²) in [4.78, 5) is 28.4. The van der Waals surface area contributed by atoms with E-state index < -0.39 is 0 Å². The molecule has 2 aromatic carbocycles. The zero-order chi connectivity index (χ0) is 19.2. The largest absolute Gasteiger partial charge is 0.484 e. The standard InChI is InChI=1S/C21H23ClN2O3/c1-16-5-2-3-8-19(16)27-15-21(26)24-11-9-23(10-12-24)20(25)14-17-6-4-7-18(22)13-17/h2-8,13H,9-12,14-15H2,1H3. The highest BCUT2D eigenvalue weighted by Gasteiger charge is 2.24. The van der Waals surface area contributed by atoms with Gasteiger partial charge in [0, 0.05) is 31.2 Å². The van der Waals surface area contributed by atoms with Crippen molar-refractivity contribution in [1.82, 2.24) is 9.80 Å². The van der Waals surface area contributed by atoms with E-state index in [0.717, 1.165) is 16.9 Å². The van der Waals surface area contributed by atoms with Crippen LogP contribution < -0.4 is 4.74 Å². The Kier molecular flexibility index (Phi) is 6.35. The fourth-order valence-electron chi connectivity index (χ4n) is 3.09. The zero-order valence-electron chi connectivity index (χ0n) is 15.4. The summed E-state index contributed by atoms with van der Waals surface area (Å²) >= 11 is 5.97. The summed E-state index contributed by atoms with van der Waals surface area (Å²) in [5.41, 5.74) is 1.90. The van der Waals surface area contributed by atoms with Crippen LogP contribution in [0.2, 0.25) is 5.02 Å². The van der Waals surface area contributed by atoms with Gasteiger partial charge < -0.3 is 14.5 Å². The third kappa shape index (κ3) is 5.23. The number of hydrogen-bond donors (Lipinski definition) is 0. The lowest BCUT2D eigenvalue weighted by molar-refractivity contribution is -0.140. The molecule has 1 fully saturated rings. The SMILES string of the molecule is Cc1ccccc1OCC(=O)N1CCN(C(=O)Cc2cccc(Cl)c2)CC1. The van der Waals surface area contributed by atoms with Crippen molar-refractivity contribution in [2.45, 2.75) is 13.3 Å². The molecular weight excluding hydrogens is 364 g/mol. The molecule has 5 nitrogen and oxygen atoms in total. The number of aryl methyl sites for hydroxylation is 1. The van der Waals surface area contributed by atoms with E-state index in [-0.39, 0.29) is 18.4 Å². The molecule has 0 unspecified atom stereocenters. The lowest BCUT2D eigenvalue weighted by Crippen LogP contribution is -2.52. The lowest BCUT2D eigenvalue weighted by atomic mass is 10.1. The van der Waals surface area contributed by atoms with Crippen LogP contribution in [0.25, 0.3) is 0 Å². The Morgan fingerprint density at radius 1 is 0.963 bits per heavy atom. The van der Waals surface area contributed by atoms with Crippen molar-refractivity contribution in [3.63, 3.8) is 0 Å². The van der Waals surface area contributed by atoms with E-state index in [1.165, 1.54) is 0 Å². The third-order valence-electron chi connectivity index (χ3n) is 4.67. The molecule has 27 heavy (non-hydrogen) atoms. The lowest BCUT2D eigenvalue weighted by Gasteiger charge is -2.34. The van der Waals surface area contributed by atoms with E-state index in [2.05, 4.69) is 0 Å². The number of carbonyl (C=O) groups excluding carboxylic acids is 2. The topological polar surface area (TPSA) is 49.9 Å². The summed E-state index contributed by atoms with van der Waals surface area (Å²) in [5.74, 6) is 0.724. The Balaban J connectivity index is 1.46. The average Bonchev–Trinajstić information content (AvgIpc) is 2.67. The maximum atomic E-state index is 12.5. The number of para-hydroxylation sites is 1. The molecule has 2 amide bonds. The van der Waals surface area contributed by atoms with Crippen LogP contribution in [0.4, 0.5) is 0 Å². The van der Waals surface area contributed by atoms with Crippen molar-refractivity contribution in [3.8, 4) is 5.75 Å². The van der Waals surface area contributed by atoms with E-state index in [1.807, 2.05) is 49.4 Å². The number of rotatable bonds is 5. The number of nitrogens with zero attached hydrogens (tertiary/aromatic N) is 2. The van der Waals surface area contributed by atoms with Crippen molar-refractivity contribution in [1.29, 1.82) is 0 Å². The second-order valence-corrected chi connectivity index (χ2v) is 7.06. The summed E-state index contributed by atoms with van der Waals surface area (Å²) in [6.45, 7) is 4.09. The molecule has 142 valence electrons. The van der Waals surface area contributed by atoms with E-state index in [4.69, 9.17) is 16.3 Å². The third-order valence-corrected chi connectivity index (χ3v) is 4.91. The number of carbonyl (C=O) groups is 2. The first-order valence-corrected chi connectivity index (χ1v) is 9.39. The molecule has 0 bridgehead atoms. The number of halogens is 1. The minimum absolute atomic E-state index is 0.0152. The maximum absolute atomic E-state index is 12.5. The van der Waals surface area contributed by atoms with Crippen molar-refractivity contribution in [2.75, 3.05) is 32.8 Å². The molecule has 1 aliphatic heterocycles. The Morgan fingerprint density at radius 3 is 2.30 bits per heavy atom. The van der Waals surface area contributed by atoms with Crippen LogP contribution in [-0.4, -0.2) is 54.4 Å². The predicted molar refractivity (Wildman–Crippen MR) is 105 cm³/mol. The van der Waals surface area contributed by atoms with Gasteiger partial charge in [-0.3, -0.25) is 9.59 Å². The molecule has 1 saturated heterocycles. The molecule has 0 saturated carbocycles. The van der Waals surface area contributed by atoms with Crippen LogP contribution in [0.3, 0.4) is 0 Å². The molecular formula is C21H23ClN2O3. The van der Waals surface area contributed by atoms with Gasteiger partial charge in [-0.2, -0.15) is 0 Å². The van der Waals surface area contributed by atoms with Gasteiger partial charge >= 0.3 is 0 Å². The van der Waals surface area contributed by atoms with Crippen molar-refractivity contribution in [2.24, 2.45) is 0 Å². The summed E-state index contributed by atoms with van der Waals surface area (Å²) in [6, 6.07) is 15.0. The monoisotopic (exact) mass is 386 g/mol. The van der Waals surface area contributed by atoms with E-state index in [9.17, 15) is 9.59 Å². The van der Waals surface area contributed by atoms with E-state index >= 15 is 0 Å². The second-order valence-electron chi connectivity index (χ2n) is 6.62. The van der Waals surface area contributed by atoms with Crippen LogP contribution in [-0.2, 0) is 16.0 Å². The molecule has 1 aliphatic rings. The average molecular weight is 387 g/mol. The van der Waals surface area contributed by atoms with Gasteiger partial charge in [-0.1, -0.05) is 41.9 Å². The molecule has 0 spiro atoms. The molecule has 2 aromatic rings. The summed E-state index contributed by atoms with van der Waals surface area (Å²) in [7, 11) is 0. The van der Waals surface area contributed by atoms with Gasteiger partial charge in [0.25, 0.3) is 5.91 Å². The number of amides is 2. The normalized spacial score (nSPS) is 14.1. The molecule has 1 heterocycles. The molecule has 6 heteroatoms. The van der Waals surface area contributed by atoms with Crippen LogP contribution >= 0.6 is 11.6 Å². The highest BCUT2D eigenvalue weighted by molar-refractivity contribution is 6.30. The van der Waals surface area contributed by atoms with Crippen LogP contribution in [0.5, 0.6) is 5.75 Å². The first-order chi connectivity index (χ1) is 13.0. The quantitative estimate of drug-likeness (QED) is 0.793. The van der Waals surface area contributed by atoms with Gasteiger partial charge in [0.15, 0.2) is 6.61 Å². The smallest absolute Gasteiger partial charge is 0.260 e. The Bertz CT molecular complexity index is 817. The second kappa shape index (κ2) is 8.91. The van der Waals surface area contributed by atoms with Gasteiger partial charge in [-0.15, -0.1) is 0 Å². The number of benzene rings is 2. The van der Waals surface area contributed by atoms with Gasteiger partial charge in [-0.25, -0.2) is 0 Å². The van der Waals surface area contributed by atoms with Gasteiger partial charge in [-0.05, 0) is 36.2 Å². The maximum Gasteiger partial charge on any atom is 0.260 e. The molecule has 0 atom stereocenters. The molecule has 0 aliphatic carbocycles. The first kappa shape index (κ1) is 19.2. The fraction of sp³-hybridized carbons (Fsp3) is 0.333. The van der Waals surface area contributed by atoms with E-state index in [0.29, 0.717) is 37.6 Å². The van der Waals surface area contributed by atoms with E-state index in [1.54, 1.807) is 15.9 Å². The zero-order valence-corrected chi connectivity index (χ0v) is 16.1. The van der Waals surface area contributed by atoms with Crippen molar-refractivity contribution < 1.29 is 14.3 Å². The summed E-state index contributed by atoms with van der Waals surface area (Å²) < 4.78 is 5.63. The minimum Gasteiger partial charge on any atom is -0.484 e. The molecule has 0 aromatic heterocycles. The summed E-state index contributed by atoms with van der Waals surface area (Å²) in [6.07, 6.45) is 0.324.